The lowest BCUT2D eigenvalue weighted by Gasteiger charge is -2.39. The van der Waals surface area contributed by atoms with Crippen molar-refractivity contribution in [1.82, 2.24) is 0 Å². The van der Waals surface area contributed by atoms with Crippen LogP contribution in [-0.4, -0.2) is 18.6 Å². The average molecular weight is 333 g/mol. The lowest BCUT2D eigenvalue weighted by Crippen LogP contribution is -2.42. The fourth-order valence-electron chi connectivity index (χ4n) is 2.10. The fourth-order valence-corrected chi connectivity index (χ4v) is 2.62. The van der Waals surface area contributed by atoms with Gasteiger partial charge in [-0.2, -0.15) is 0 Å². The first-order valence-corrected chi connectivity index (χ1v) is 7.02. The molecule has 1 saturated carbocycles. The normalized spacial score (nSPS) is 17.1. The van der Waals surface area contributed by atoms with Crippen molar-refractivity contribution in [2.45, 2.75) is 31.3 Å². The Labute approximate surface area is 120 Å². The standard InChI is InChI=1S/C13H15BrClNO2/c1-18-13(5-2-6-13)8-12(17)16-11-7-9(15)3-4-10(11)14/h3-4,7H,2,5-6,8H2,1H3,(H,16,17). The minimum atomic E-state index is -0.255. The Bertz CT molecular complexity index is 455. The molecular weight excluding hydrogens is 318 g/mol. The van der Waals surface area contributed by atoms with Gasteiger partial charge in [-0.25, -0.2) is 0 Å². The maximum absolute atomic E-state index is 12.0. The van der Waals surface area contributed by atoms with Gasteiger partial charge in [-0.05, 0) is 53.4 Å². The lowest BCUT2D eigenvalue weighted by atomic mass is 9.77. The first-order chi connectivity index (χ1) is 8.54. The van der Waals surface area contributed by atoms with Crippen molar-refractivity contribution in [3.05, 3.63) is 27.7 Å². The van der Waals surface area contributed by atoms with Crippen molar-refractivity contribution in [1.29, 1.82) is 0 Å². The van der Waals surface area contributed by atoms with Crippen LogP contribution in [0.1, 0.15) is 25.7 Å². The Hall–Kier alpha value is -0.580. The molecule has 0 saturated heterocycles. The van der Waals surface area contributed by atoms with E-state index in [1.54, 1.807) is 19.2 Å². The molecule has 1 N–H and O–H groups in total. The number of carbonyl (C=O) groups excluding carboxylic acids is 1. The van der Waals surface area contributed by atoms with Crippen molar-refractivity contribution >= 4 is 39.1 Å². The van der Waals surface area contributed by atoms with Crippen LogP contribution < -0.4 is 5.32 Å². The first-order valence-electron chi connectivity index (χ1n) is 5.85. The van der Waals surface area contributed by atoms with E-state index >= 15 is 0 Å². The number of benzene rings is 1. The van der Waals surface area contributed by atoms with E-state index in [9.17, 15) is 4.79 Å². The summed E-state index contributed by atoms with van der Waals surface area (Å²) in [5, 5.41) is 3.45. The second-order valence-electron chi connectivity index (χ2n) is 4.59. The predicted molar refractivity (Wildman–Crippen MR) is 76.0 cm³/mol. The molecule has 18 heavy (non-hydrogen) atoms. The Morgan fingerprint density at radius 1 is 1.56 bits per heavy atom. The second-order valence-corrected chi connectivity index (χ2v) is 5.88. The number of nitrogens with one attached hydrogen (secondary N) is 1. The highest BCUT2D eigenvalue weighted by atomic mass is 79.9. The van der Waals surface area contributed by atoms with E-state index in [2.05, 4.69) is 21.2 Å². The topological polar surface area (TPSA) is 38.3 Å². The molecular formula is C13H15BrClNO2. The lowest BCUT2D eigenvalue weighted by molar-refractivity contribution is -0.129. The van der Waals surface area contributed by atoms with E-state index < -0.39 is 0 Å². The summed E-state index contributed by atoms with van der Waals surface area (Å²) >= 11 is 9.28. The maximum atomic E-state index is 12.0. The molecule has 0 radical (unpaired) electrons. The SMILES string of the molecule is COC1(CC(=O)Nc2cc(Cl)ccc2Br)CCC1. The molecule has 0 spiro atoms. The molecule has 5 heteroatoms. The first kappa shape index (κ1) is 13.8. The summed E-state index contributed by atoms with van der Waals surface area (Å²) < 4.78 is 6.26. The molecule has 1 aliphatic carbocycles. The van der Waals surface area contributed by atoms with Gasteiger partial charge < -0.3 is 10.1 Å². The summed E-state index contributed by atoms with van der Waals surface area (Å²) in [6, 6.07) is 5.31. The van der Waals surface area contributed by atoms with Gasteiger partial charge in [0, 0.05) is 16.6 Å². The Balaban J connectivity index is 2.00. The fraction of sp³-hybridized carbons (Fsp3) is 0.462. The van der Waals surface area contributed by atoms with Gasteiger partial charge in [0.1, 0.15) is 0 Å². The zero-order chi connectivity index (χ0) is 13.2. The summed E-state index contributed by atoms with van der Waals surface area (Å²) in [6.45, 7) is 0. The van der Waals surface area contributed by atoms with Crippen molar-refractivity contribution in [2.75, 3.05) is 12.4 Å². The zero-order valence-corrected chi connectivity index (χ0v) is 12.5. The van der Waals surface area contributed by atoms with Crippen molar-refractivity contribution in [2.24, 2.45) is 0 Å². The number of methoxy groups -OCH3 is 1. The quantitative estimate of drug-likeness (QED) is 0.905. The molecule has 3 nitrogen and oxygen atoms in total. The van der Waals surface area contributed by atoms with Gasteiger partial charge >= 0.3 is 0 Å². The highest BCUT2D eigenvalue weighted by Crippen LogP contribution is 2.38. The molecule has 1 fully saturated rings. The van der Waals surface area contributed by atoms with E-state index in [0.717, 1.165) is 23.7 Å². The van der Waals surface area contributed by atoms with Gasteiger partial charge in [0.15, 0.2) is 0 Å². The number of rotatable bonds is 4. The number of carbonyl (C=O) groups is 1. The molecule has 1 amide bonds. The van der Waals surface area contributed by atoms with Crippen LogP contribution in [0.5, 0.6) is 0 Å². The van der Waals surface area contributed by atoms with Gasteiger partial charge in [0.05, 0.1) is 17.7 Å². The molecule has 1 aliphatic rings. The number of anilines is 1. The molecule has 0 unspecified atom stereocenters. The van der Waals surface area contributed by atoms with Gasteiger partial charge in [-0.1, -0.05) is 11.6 Å². The predicted octanol–water partition coefficient (Wildman–Crippen LogP) is 4.00. The number of hydrogen-bond donors (Lipinski definition) is 1. The van der Waals surface area contributed by atoms with E-state index in [0.29, 0.717) is 17.1 Å². The molecule has 0 atom stereocenters. The minimum absolute atomic E-state index is 0.0421. The highest BCUT2D eigenvalue weighted by Gasteiger charge is 2.39. The summed E-state index contributed by atoms with van der Waals surface area (Å²) in [6.07, 6.45) is 3.42. The van der Waals surface area contributed by atoms with Gasteiger partial charge in [-0.15, -0.1) is 0 Å². The van der Waals surface area contributed by atoms with Crippen molar-refractivity contribution in [3.63, 3.8) is 0 Å². The summed E-state index contributed by atoms with van der Waals surface area (Å²) in [4.78, 5) is 12.0. The summed E-state index contributed by atoms with van der Waals surface area (Å²) in [5.41, 5.74) is 0.438. The van der Waals surface area contributed by atoms with Gasteiger partial charge in [-0.3, -0.25) is 4.79 Å². The van der Waals surface area contributed by atoms with E-state index in [1.807, 2.05) is 6.07 Å². The number of amides is 1. The Morgan fingerprint density at radius 3 is 2.83 bits per heavy atom. The molecule has 98 valence electrons. The monoisotopic (exact) mass is 331 g/mol. The summed E-state index contributed by atoms with van der Waals surface area (Å²) in [5.74, 6) is -0.0421. The van der Waals surface area contributed by atoms with Crippen LogP contribution in [0, 0.1) is 0 Å². The van der Waals surface area contributed by atoms with Crippen LogP contribution in [0.3, 0.4) is 0 Å². The van der Waals surface area contributed by atoms with E-state index in [-0.39, 0.29) is 11.5 Å². The number of halogens is 2. The minimum Gasteiger partial charge on any atom is -0.378 e. The van der Waals surface area contributed by atoms with Crippen LogP contribution >= 0.6 is 27.5 Å². The van der Waals surface area contributed by atoms with Gasteiger partial charge in [0.2, 0.25) is 5.91 Å². The van der Waals surface area contributed by atoms with Crippen molar-refractivity contribution in [3.8, 4) is 0 Å². The Kier molecular flexibility index (Phi) is 4.30. The smallest absolute Gasteiger partial charge is 0.227 e. The van der Waals surface area contributed by atoms with Crippen LogP contribution in [0.15, 0.2) is 22.7 Å². The molecule has 1 aromatic rings. The van der Waals surface area contributed by atoms with Crippen LogP contribution in [0.25, 0.3) is 0 Å². The molecule has 1 aromatic carbocycles. The van der Waals surface area contributed by atoms with E-state index in [1.165, 1.54) is 0 Å². The zero-order valence-electron chi connectivity index (χ0n) is 10.1. The van der Waals surface area contributed by atoms with Crippen LogP contribution in [-0.2, 0) is 9.53 Å². The summed E-state index contributed by atoms with van der Waals surface area (Å²) in [7, 11) is 1.67. The number of hydrogen-bond acceptors (Lipinski definition) is 2. The van der Waals surface area contributed by atoms with E-state index in [4.69, 9.17) is 16.3 Å². The largest absolute Gasteiger partial charge is 0.378 e. The average Bonchev–Trinajstić information content (AvgIpc) is 2.28. The van der Waals surface area contributed by atoms with Gasteiger partial charge in [0.25, 0.3) is 0 Å². The third kappa shape index (κ3) is 3.05. The molecule has 0 heterocycles. The molecule has 0 bridgehead atoms. The molecule has 0 aromatic heterocycles. The highest BCUT2D eigenvalue weighted by molar-refractivity contribution is 9.10. The van der Waals surface area contributed by atoms with Crippen LogP contribution in [0.2, 0.25) is 5.02 Å². The molecule has 0 aliphatic heterocycles. The third-order valence-corrected chi connectivity index (χ3v) is 4.31. The Morgan fingerprint density at radius 2 is 2.28 bits per heavy atom. The third-order valence-electron chi connectivity index (χ3n) is 3.38. The van der Waals surface area contributed by atoms with Crippen LogP contribution in [0.4, 0.5) is 5.69 Å². The van der Waals surface area contributed by atoms with Crippen molar-refractivity contribution < 1.29 is 9.53 Å². The molecule has 2 rings (SSSR count). The maximum Gasteiger partial charge on any atom is 0.227 e. The number of ether oxygens (including phenoxy) is 1. The second kappa shape index (κ2) is 5.59.